The fourth-order valence-electron chi connectivity index (χ4n) is 1.65. The topological polar surface area (TPSA) is 71.5 Å². The zero-order valence-corrected chi connectivity index (χ0v) is 10.4. The molecular formula is C12H17FN2O3. The highest BCUT2D eigenvalue weighted by Gasteiger charge is 2.17. The van der Waals surface area contributed by atoms with E-state index in [0.29, 0.717) is 6.61 Å². The van der Waals surface area contributed by atoms with Gasteiger partial charge in [0.2, 0.25) is 0 Å². The molecule has 1 rings (SSSR count). The normalized spacial score (nSPS) is 12.2. The van der Waals surface area contributed by atoms with Crippen molar-refractivity contribution in [1.82, 2.24) is 4.98 Å². The lowest BCUT2D eigenvalue weighted by Crippen LogP contribution is -2.26. The van der Waals surface area contributed by atoms with E-state index in [1.807, 2.05) is 6.92 Å². The van der Waals surface area contributed by atoms with E-state index in [1.165, 1.54) is 6.20 Å². The van der Waals surface area contributed by atoms with Crippen molar-refractivity contribution in [1.29, 1.82) is 0 Å². The zero-order valence-electron chi connectivity index (χ0n) is 10.4. The number of carbonyl (C=O) groups is 1. The van der Waals surface area contributed by atoms with Gasteiger partial charge in [-0.25, -0.2) is 14.2 Å². The average Bonchev–Trinajstić information content (AvgIpc) is 2.32. The Bertz CT molecular complexity index is 406. The Hall–Kier alpha value is -1.69. The highest BCUT2D eigenvalue weighted by molar-refractivity contribution is 5.88. The lowest BCUT2D eigenvalue weighted by Gasteiger charge is -2.18. The van der Waals surface area contributed by atoms with Crippen molar-refractivity contribution in [3.8, 4) is 0 Å². The smallest absolute Gasteiger partial charge is 0.338 e. The van der Waals surface area contributed by atoms with Gasteiger partial charge in [0.25, 0.3) is 0 Å². The number of methoxy groups -OCH3 is 1. The van der Waals surface area contributed by atoms with Gasteiger partial charge in [0, 0.05) is 13.3 Å². The third-order valence-electron chi connectivity index (χ3n) is 2.47. The van der Waals surface area contributed by atoms with Crippen LogP contribution in [0.1, 0.15) is 30.1 Å². The molecule has 2 N–H and O–H groups in total. The van der Waals surface area contributed by atoms with E-state index < -0.39 is 11.8 Å². The maximum Gasteiger partial charge on any atom is 0.338 e. The number of carboxylic acid groups (broad SMARTS) is 1. The summed E-state index contributed by atoms with van der Waals surface area (Å²) in [5.41, 5.74) is -0.389. The zero-order chi connectivity index (χ0) is 13.5. The predicted molar refractivity (Wildman–Crippen MR) is 65.3 cm³/mol. The molecule has 0 fully saturated rings. The van der Waals surface area contributed by atoms with E-state index in [-0.39, 0.29) is 17.4 Å². The summed E-state index contributed by atoms with van der Waals surface area (Å²) in [5, 5.41) is 11.7. The molecule has 1 heterocycles. The van der Waals surface area contributed by atoms with Gasteiger partial charge in [-0.3, -0.25) is 0 Å². The van der Waals surface area contributed by atoms with Crippen molar-refractivity contribution >= 4 is 11.8 Å². The van der Waals surface area contributed by atoms with Gasteiger partial charge in [-0.15, -0.1) is 0 Å². The van der Waals surface area contributed by atoms with Crippen molar-refractivity contribution in [3.05, 3.63) is 23.6 Å². The number of halogens is 1. The van der Waals surface area contributed by atoms with Crippen molar-refractivity contribution in [2.45, 2.75) is 25.8 Å². The van der Waals surface area contributed by atoms with E-state index in [4.69, 9.17) is 9.84 Å². The fourth-order valence-corrected chi connectivity index (χ4v) is 1.65. The van der Waals surface area contributed by atoms with Crippen LogP contribution in [0.3, 0.4) is 0 Å². The minimum Gasteiger partial charge on any atom is -0.478 e. The molecular weight excluding hydrogens is 239 g/mol. The monoisotopic (exact) mass is 256 g/mol. The van der Waals surface area contributed by atoms with Crippen molar-refractivity contribution in [2.24, 2.45) is 0 Å². The molecule has 0 amide bonds. The summed E-state index contributed by atoms with van der Waals surface area (Å²) in [6.45, 7) is 2.41. The lowest BCUT2D eigenvalue weighted by atomic mass is 10.1. The van der Waals surface area contributed by atoms with Gasteiger partial charge in [-0.05, 0) is 12.5 Å². The molecule has 1 aromatic rings. The van der Waals surface area contributed by atoms with E-state index in [2.05, 4.69) is 10.3 Å². The maximum absolute atomic E-state index is 13.8. The Kier molecular flexibility index (Phi) is 5.51. The van der Waals surface area contributed by atoms with E-state index >= 15 is 0 Å². The number of aromatic carboxylic acids is 1. The van der Waals surface area contributed by atoms with Crippen molar-refractivity contribution in [2.75, 3.05) is 19.0 Å². The van der Waals surface area contributed by atoms with E-state index in [1.54, 1.807) is 7.11 Å². The Morgan fingerprint density at radius 1 is 1.67 bits per heavy atom. The number of carboxylic acids is 1. The molecule has 0 aliphatic rings. The third kappa shape index (κ3) is 3.66. The Morgan fingerprint density at radius 3 is 2.94 bits per heavy atom. The molecule has 1 unspecified atom stereocenters. The summed E-state index contributed by atoms with van der Waals surface area (Å²) in [5.74, 6) is -2.20. The van der Waals surface area contributed by atoms with Crippen LogP contribution in [0.25, 0.3) is 0 Å². The van der Waals surface area contributed by atoms with Gasteiger partial charge in [-0.1, -0.05) is 13.3 Å². The lowest BCUT2D eigenvalue weighted by molar-refractivity contribution is 0.0692. The van der Waals surface area contributed by atoms with Crippen LogP contribution in [0.5, 0.6) is 0 Å². The second-order valence-electron chi connectivity index (χ2n) is 3.91. The molecule has 100 valence electrons. The van der Waals surface area contributed by atoms with Crippen LogP contribution in [0.15, 0.2) is 12.3 Å². The molecule has 0 saturated carbocycles. The number of rotatable bonds is 7. The first-order chi connectivity index (χ1) is 8.60. The van der Waals surface area contributed by atoms with Gasteiger partial charge in [-0.2, -0.15) is 0 Å². The number of aromatic nitrogens is 1. The molecule has 5 nitrogen and oxygen atoms in total. The molecule has 0 aromatic carbocycles. The van der Waals surface area contributed by atoms with Crippen LogP contribution in [0, 0.1) is 5.82 Å². The fraction of sp³-hybridized carbons (Fsp3) is 0.500. The van der Waals surface area contributed by atoms with Crippen LogP contribution in [0.2, 0.25) is 0 Å². The highest BCUT2D eigenvalue weighted by Crippen LogP contribution is 2.17. The minimum absolute atomic E-state index is 0.0506. The second-order valence-corrected chi connectivity index (χ2v) is 3.91. The molecule has 18 heavy (non-hydrogen) atoms. The Labute approximate surface area is 105 Å². The minimum atomic E-state index is -1.31. The van der Waals surface area contributed by atoms with Gasteiger partial charge in [0.05, 0.1) is 12.6 Å². The summed E-state index contributed by atoms with van der Waals surface area (Å²) in [7, 11) is 1.56. The van der Waals surface area contributed by atoms with Crippen LogP contribution in [-0.4, -0.2) is 35.8 Å². The molecule has 0 aliphatic carbocycles. The summed E-state index contributed by atoms with van der Waals surface area (Å²) >= 11 is 0. The van der Waals surface area contributed by atoms with Gasteiger partial charge in [0.1, 0.15) is 5.56 Å². The van der Waals surface area contributed by atoms with Crippen molar-refractivity contribution < 1.29 is 19.0 Å². The van der Waals surface area contributed by atoms with E-state index in [9.17, 15) is 9.18 Å². The average molecular weight is 256 g/mol. The quantitative estimate of drug-likeness (QED) is 0.782. The third-order valence-corrected chi connectivity index (χ3v) is 2.47. The maximum atomic E-state index is 13.8. The number of anilines is 1. The summed E-state index contributed by atoms with van der Waals surface area (Å²) < 4.78 is 18.8. The number of pyridine rings is 1. The first-order valence-electron chi connectivity index (χ1n) is 5.73. The van der Waals surface area contributed by atoms with Gasteiger partial charge < -0.3 is 15.2 Å². The van der Waals surface area contributed by atoms with Crippen LogP contribution in [-0.2, 0) is 4.74 Å². The SMILES string of the molecule is CCCC(COC)Nc1nccc(C(=O)O)c1F. The van der Waals surface area contributed by atoms with Crippen LogP contribution >= 0.6 is 0 Å². The largest absolute Gasteiger partial charge is 0.478 e. The first-order valence-corrected chi connectivity index (χ1v) is 5.73. The van der Waals surface area contributed by atoms with Gasteiger partial charge in [0.15, 0.2) is 11.6 Å². The molecule has 0 radical (unpaired) electrons. The molecule has 0 aliphatic heterocycles. The second kappa shape index (κ2) is 6.90. The number of nitrogens with zero attached hydrogens (tertiary/aromatic N) is 1. The van der Waals surface area contributed by atoms with Gasteiger partial charge >= 0.3 is 5.97 Å². The molecule has 0 spiro atoms. The molecule has 0 saturated heterocycles. The number of hydrogen-bond acceptors (Lipinski definition) is 4. The number of ether oxygens (including phenoxy) is 1. The highest BCUT2D eigenvalue weighted by atomic mass is 19.1. The summed E-state index contributed by atoms with van der Waals surface area (Å²) in [4.78, 5) is 14.6. The van der Waals surface area contributed by atoms with Crippen LogP contribution in [0.4, 0.5) is 10.2 Å². The van der Waals surface area contributed by atoms with Crippen LogP contribution < -0.4 is 5.32 Å². The molecule has 6 heteroatoms. The number of nitrogens with one attached hydrogen (secondary N) is 1. The summed E-state index contributed by atoms with van der Waals surface area (Å²) in [6.07, 6.45) is 2.96. The van der Waals surface area contributed by atoms with E-state index in [0.717, 1.165) is 18.9 Å². The predicted octanol–water partition coefficient (Wildman–Crippen LogP) is 2.15. The first kappa shape index (κ1) is 14.4. The van der Waals surface area contributed by atoms with Crippen molar-refractivity contribution in [3.63, 3.8) is 0 Å². The molecule has 1 aromatic heterocycles. The standard InChI is InChI=1S/C12H17FN2O3/c1-3-4-8(7-18-2)15-11-10(13)9(12(16)17)5-6-14-11/h5-6,8H,3-4,7H2,1-2H3,(H,14,15)(H,16,17). The molecule has 1 atom stereocenters. The Morgan fingerprint density at radius 2 is 2.39 bits per heavy atom. The number of hydrogen-bond donors (Lipinski definition) is 2. The molecule has 0 bridgehead atoms. The summed E-state index contributed by atoms with van der Waals surface area (Å²) in [6, 6.07) is 1.04. The Balaban J connectivity index is 2.88.